The molecule has 2 aromatic carbocycles. The zero-order chi connectivity index (χ0) is 19.2. The minimum absolute atomic E-state index is 0.0381. The Labute approximate surface area is 164 Å². The van der Waals surface area contributed by atoms with E-state index in [9.17, 15) is 9.59 Å². The van der Waals surface area contributed by atoms with Crippen molar-refractivity contribution in [3.63, 3.8) is 0 Å². The number of benzene rings is 2. The van der Waals surface area contributed by atoms with Crippen molar-refractivity contribution in [3.05, 3.63) is 59.1 Å². The number of hydrogen-bond acceptors (Lipinski definition) is 3. The third-order valence-corrected chi connectivity index (χ3v) is 4.75. The molecule has 27 heavy (non-hydrogen) atoms. The Bertz CT molecular complexity index is 790. The van der Waals surface area contributed by atoms with E-state index in [2.05, 4.69) is 12.2 Å². The van der Waals surface area contributed by atoms with Crippen LogP contribution in [0.15, 0.2) is 48.5 Å². The molecule has 0 radical (unpaired) electrons. The maximum atomic E-state index is 12.4. The van der Waals surface area contributed by atoms with E-state index in [4.69, 9.17) is 16.3 Å². The summed E-state index contributed by atoms with van der Waals surface area (Å²) in [6.07, 6.45) is 1.17. The Morgan fingerprint density at radius 3 is 2.56 bits per heavy atom. The zero-order valence-electron chi connectivity index (χ0n) is 15.3. The van der Waals surface area contributed by atoms with Gasteiger partial charge < -0.3 is 15.0 Å². The van der Waals surface area contributed by atoms with Crippen LogP contribution in [0.1, 0.15) is 25.3 Å². The van der Waals surface area contributed by atoms with Gasteiger partial charge in [-0.05, 0) is 48.4 Å². The Morgan fingerprint density at radius 1 is 1.19 bits per heavy atom. The van der Waals surface area contributed by atoms with Crippen molar-refractivity contribution in [2.75, 3.05) is 18.1 Å². The molecule has 1 saturated heterocycles. The second-order valence-corrected chi connectivity index (χ2v) is 7.03. The number of ether oxygens (including phenoxy) is 1. The normalized spacial score (nSPS) is 16.4. The number of rotatable bonds is 7. The van der Waals surface area contributed by atoms with Gasteiger partial charge in [0, 0.05) is 30.2 Å². The van der Waals surface area contributed by atoms with Crippen LogP contribution in [-0.2, 0) is 16.1 Å². The number of nitrogens with one attached hydrogen (secondary N) is 1. The van der Waals surface area contributed by atoms with E-state index < -0.39 is 0 Å². The molecule has 1 fully saturated rings. The summed E-state index contributed by atoms with van der Waals surface area (Å²) in [4.78, 5) is 26.5. The van der Waals surface area contributed by atoms with Gasteiger partial charge in [-0.3, -0.25) is 9.59 Å². The molecule has 0 bridgehead atoms. The minimum atomic E-state index is -0.346. The van der Waals surface area contributed by atoms with Crippen molar-refractivity contribution < 1.29 is 14.3 Å². The van der Waals surface area contributed by atoms with Gasteiger partial charge in [0.15, 0.2) is 0 Å². The molecule has 0 spiro atoms. The fraction of sp³-hybridized carbons (Fsp3) is 0.333. The summed E-state index contributed by atoms with van der Waals surface area (Å²) in [7, 11) is 0. The maximum absolute atomic E-state index is 12.4. The van der Waals surface area contributed by atoms with E-state index >= 15 is 0 Å². The van der Waals surface area contributed by atoms with E-state index in [1.807, 2.05) is 36.4 Å². The number of nitrogens with zero attached hydrogens (tertiary/aromatic N) is 1. The first kappa shape index (κ1) is 19.2. The fourth-order valence-corrected chi connectivity index (χ4v) is 3.14. The lowest BCUT2D eigenvalue weighted by atomic mass is 10.1. The largest absolute Gasteiger partial charge is 0.494 e. The third-order valence-electron chi connectivity index (χ3n) is 4.50. The summed E-state index contributed by atoms with van der Waals surface area (Å²) >= 11 is 5.86. The third kappa shape index (κ3) is 5.01. The molecule has 6 heteroatoms. The van der Waals surface area contributed by atoms with Gasteiger partial charge in [-0.1, -0.05) is 30.7 Å². The monoisotopic (exact) mass is 386 g/mol. The summed E-state index contributed by atoms with van der Waals surface area (Å²) in [5.74, 6) is 0.290. The average Bonchev–Trinajstić information content (AvgIpc) is 3.08. The van der Waals surface area contributed by atoms with Crippen molar-refractivity contribution in [1.82, 2.24) is 5.32 Å². The summed E-state index contributed by atoms with van der Waals surface area (Å²) in [5, 5.41) is 3.56. The van der Waals surface area contributed by atoms with Crippen LogP contribution in [0, 0.1) is 5.92 Å². The molecule has 5 nitrogen and oxygen atoms in total. The molecule has 1 heterocycles. The second-order valence-electron chi connectivity index (χ2n) is 6.59. The van der Waals surface area contributed by atoms with E-state index in [1.165, 1.54) is 0 Å². The lowest BCUT2D eigenvalue weighted by Gasteiger charge is -2.17. The van der Waals surface area contributed by atoms with Gasteiger partial charge in [0.05, 0.1) is 12.5 Å². The molecular formula is C21H23ClN2O3. The number of hydrogen-bond donors (Lipinski definition) is 1. The molecular weight excluding hydrogens is 364 g/mol. The quantitative estimate of drug-likeness (QED) is 0.787. The molecule has 2 amide bonds. The number of halogens is 1. The highest BCUT2D eigenvalue weighted by Crippen LogP contribution is 2.27. The summed E-state index contributed by atoms with van der Waals surface area (Å²) < 4.78 is 5.56. The molecule has 0 aliphatic carbocycles. The molecule has 0 saturated carbocycles. The summed E-state index contributed by atoms with van der Waals surface area (Å²) in [5.41, 5.74) is 1.76. The van der Waals surface area contributed by atoms with Gasteiger partial charge in [-0.25, -0.2) is 0 Å². The summed E-state index contributed by atoms with van der Waals surface area (Å²) in [6.45, 7) is 3.53. The van der Waals surface area contributed by atoms with Crippen LogP contribution in [0.4, 0.5) is 5.69 Å². The number of anilines is 1. The number of amides is 2. The average molecular weight is 387 g/mol. The molecule has 0 aromatic heterocycles. The van der Waals surface area contributed by atoms with Gasteiger partial charge in [0.25, 0.3) is 0 Å². The predicted molar refractivity (Wildman–Crippen MR) is 106 cm³/mol. The van der Waals surface area contributed by atoms with Gasteiger partial charge >= 0.3 is 0 Å². The lowest BCUT2D eigenvalue weighted by molar-refractivity contribution is -0.126. The van der Waals surface area contributed by atoms with Gasteiger partial charge in [-0.2, -0.15) is 0 Å². The number of carbonyl (C=O) groups excluding carboxylic acids is 2. The van der Waals surface area contributed by atoms with Crippen LogP contribution in [0.2, 0.25) is 5.02 Å². The molecule has 3 rings (SSSR count). The van der Waals surface area contributed by atoms with E-state index in [0.717, 1.165) is 23.4 Å². The van der Waals surface area contributed by atoms with Crippen LogP contribution in [-0.4, -0.2) is 25.0 Å². The Balaban J connectivity index is 1.56. The van der Waals surface area contributed by atoms with Crippen molar-refractivity contribution in [2.24, 2.45) is 5.92 Å². The molecule has 2 aromatic rings. The summed E-state index contributed by atoms with van der Waals surface area (Å²) in [6, 6.07) is 14.7. The van der Waals surface area contributed by atoms with Crippen LogP contribution < -0.4 is 15.0 Å². The SMILES string of the molecule is CCCOc1ccc(N2C[C@@H](C(=O)NCc3ccc(Cl)cc3)CC2=O)cc1. The van der Waals surface area contributed by atoms with E-state index in [-0.39, 0.29) is 24.2 Å². The molecule has 1 aliphatic heterocycles. The molecule has 0 unspecified atom stereocenters. The van der Waals surface area contributed by atoms with Crippen molar-refractivity contribution >= 4 is 29.1 Å². The highest BCUT2D eigenvalue weighted by atomic mass is 35.5. The topological polar surface area (TPSA) is 58.6 Å². The lowest BCUT2D eigenvalue weighted by Crippen LogP contribution is -2.32. The van der Waals surface area contributed by atoms with Crippen molar-refractivity contribution in [1.29, 1.82) is 0 Å². The maximum Gasteiger partial charge on any atom is 0.227 e. The van der Waals surface area contributed by atoms with Crippen LogP contribution >= 0.6 is 11.6 Å². The van der Waals surface area contributed by atoms with Crippen LogP contribution in [0.3, 0.4) is 0 Å². The molecule has 142 valence electrons. The highest BCUT2D eigenvalue weighted by molar-refractivity contribution is 6.30. The van der Waals surface area contributed by atoms with Crippen molar-refractivity contribution in [2.45, 2.75) is 26.3 Å². The van der Waals surface area contributed by atoms with Crippen LogP contribution in [0.25, 0.3) is 0 Å². The van der Waals surface area contributed by atoms with Gasteiger partial charge in [0.1, 0.15) is 5.75 Å². The van der Waals surface area contributed by atoms with Crippen LogP contribution in [0.5, 0.6) is 5.75 Å². The van der Waals surface area contributed by atoms with E-state index in [1.54, 1.807) is 17.0 Å². The first-order valence-electron chi connectivity index (χ1n) is 9.12. The molecule has 1 atom stereocenters. The second kappa shape index (κ2) is 8.91. The van der Waals surface area contributed by atoms with Gasteiger partial charge in [0.2, 0.25) is 11.8 Å². The van der Waals surface area contributed by atoms with Gasteiger partial charge in [-0.15, -0.1) is 0 Å². The Morgan fingerprint density at radius 2 is 1.89 bits per heavy atom. The smallest absolute Gasteiger partial charge is 0.227 e. The first-order chi connectivity index (χ1) is 13.1. The highest BCUT2D eigenvalue weighted by Gasteiger charge is 2.34. The number of carbonyl (C=O) groups is 2. The molecule has 1 aliphatic rings. The Hall–Kier alpha value is -2.53. The van der Waals surface area contributed by atoms with Crippen molar-refractivity contribution in [3.8, 4) is 5.75 Å². The molecule has 1 N–H and O–H groups in total. The van der Waals surface area contributed by atoms with E-state index in [0.29, 0.717) is 24.7 Å². The standard InChI is InChI=1S/C21H23ClN2O3/c1-2-11-27-19-9-7-18(8-10-19)24-14-16(12-20(24)25)21(26)23-13-15-3-5-17(22)6-4-15/h3-10,16H,2,11-14H2,1H3,(H,23,26)/t16-/m0/s1. The fourth-order valence-electron chi connectivity index (χ4n) is 3.01. The first-order valence-corrected chi connectivity index (χ1v) is 9.50. The zero-order valence-corrected chi connectivity index (χ0v) is 16.0. The minimum Gasteiger partial charge on any atom is -0.494 e. The Kier molecular flexibility index (Phi) is 6.35. The predicted octanol–water partition coefficient (Wildman–Crippen LogP) is 3.80.